The second-order valence-electron chi connectivity index (χ2n) is 4.59. The van der Waals surface area contributed by atoms with E-state index in [1.54, 1.807) is 0 Å². The van der Waals surface area contributed by atoms with E-state index >= 15 is 0 Å². The molecule has 0 spiro atoms. The normalized spacial score (nSPS) is 13.4. The van der Waals surface area contributed by atoms with Gasteiger partial charge in [0.25, 0.3) is 0 Å². The summed E-state index contributed by atoms with van der Waals surface area (Å²) in [6, 6.07) is 9.09. The van der Waals surface area contributed by atoms with Gasteiger partial charge >= 0.3 is 6.18 Å². The molecule has 1 aromatic heterocycles. The summed E-state index contributed by atoms with van der Waals surface area (Å²) in [6.45, 7) is 1.88. The number of halogens is 3. The summed E-state index contributed by atoms with van der Waals surface area (Å²) < 4.78 is 36.6. The average molecular weight is 300 g/mol. The molecule has 0 radical (unpaired) electrons. The van der Waals surface area contributed by atoms with Crippen LogP contribution in [-0.2, 0) is 6.54 Å². The van der Waals surface area contributed by atoms with Crippen LogP contribution in [0.15, 0.2) is 35.7 Å². The van der Waals surface area contributed by atoms with E-state index in [2.05, 4.69) is 10.3 Å². The Labute approximate surface area is 119 Å². The Morgan fingerprint density at radius 2 is 1.95 bits per heavy atom. The highest BCUT2D eigenvalue weighted by Gasteiger charge is 2.29. The van der Waals surface area contributed by atoms with Gasteiger partial charge in [-0.05, 0) is 6.92 Å². The Morgan fingerprint density at radius 1 is 1.25 bits per heavy atom. The summed E-state index contributed by atoms with van der Waals surface area (Å²) >= 11 is 1.45. The molecule has 2 aromatic rings. The molecule has 1 unspecified atom stereocenters. The molecule has 1 aromatic carbocycles. The van der Waals surface area contributed by atoms with E-state index in [0.717, 1.165) is 16.3 Å². The summed E-state index contributed by atoms with van der Waals surface area (Å²) in [4.78, 5) is 4.42. The second kappa shape index (κ2) is 6.37. The number of hydrogen-bond acceptors (Lipinski definition) is 3. The van der Waals surface area contributed by atoms with Crippen molar-refractivity contribution in [1.29, 1.82) is 0 Å². The summed E-state index contributed by atoms with van der Waals surface area (Å²) in [5, 5.41) is 5.56. The molecule has 20 heavy (non-hydrogen) atoms. The summed E-state index contributed by atoms with van der Waals surface area (Å²) in [5.74, 6) is 0. The van der Waals surface area contributed by atoms with Gasteiger partial charge in [-0.3, -0.25) is 0 Å². The topological polar surface area (TPSA) is 24.9 Å². The minimum atomic E-state index is -4.13. The largest absolute Gasteiger partial charge is 0.390 e. The third kappa shape index (κ3) is 4.61. The highest BCUT2D eigenvalue weighted by Crippen LogP contribution is 2.23. The third-order valence-electron chi connectivity index (χ3n) is 2.76. The van der Waals surface area contributed by atoms with Crippen LogP contribution in [0.2, 0.25) is 0 Å². The maximum atomic E-state index is 12.2. The van der Waals surface area contributed by atoms with E-state index in [0.29, 0.717) is 6.54 Å². The van der Waals surface area contributed by atoms with Crippen LogP contribution in [0.4, 0.5) is 13.2 Å². The van der Waals surface area contributed by atoms with Crippen molar-refractivity contribution in [2.45, 2.75) is 32.1 Å². The molecule has 108 valence electrons. The maximum Gasteiger partial charge on any atom is 0.390 e. The summed E-state index contributed by atoms with van der Waals surface area (Å²) in [7, 11) is 0. The fourth-order valence-corrected chi connectivity index (χ4v) is 2.57. The van der Waals surface area contributed by atoms with Gasteiger partial charge in [0.1, 0.15) is 5.01 Å². The Morgan fingerprint density at radius 3 is 2.60 bits per heavy atom. The van der Waals surface area contributed by atoms with Crippen LogP contribution in [0.25, 0.3) is 11.3 Å². The summed E-state index contributed by atoms with van der Waals surface area (Å²) in [6.07, 6.45) is -4.96. The molecule has 2 nitrogen and oxygen atoms in total. The quantitative estimate of drug-likeness (QED) is 0.893. The van der Waals surface area contributed by atoms with Crippen LogP contribution in [-0.4, -0.2) is 17.2 Å². The van der Waals surface area contributed by atoms with Gasteiger partial charge in [-0.2, -0.15) is 13.2 Å². The van der Waals surface area contributed by atoms with Crippen molar-refractivity contribution in [1.82, 2.24) is 10.3 Å². The van der Waals surface area contributed by atoms with Crippen molar-refractivity contribution < 1.29 is 13.2 Å². The van der Waals surface area contributed by atoms with E-state index in [4.69, 9.17) is 0 Å². The molecule has 0 fully saturated rings. The van der Waals surface area contributed by atoms with Gasteiger partial charge in [-0.15, -0.1) is 11.3 Å². The maximum absolute atomic E-state index is 12.2. The monoisotopic (exact) mass is 300 g/mol. The zero-order chi connectivity index (χ0) is 14.6. The molecule has 0 aliphatic rings. The minimum Gasteiger partial charge on any atom is -0.308 e. The molecule has 2 rings (SSSR count). The number of thiazole rings is 1. The lowest BCUT2D eigenvalue weighted by Crippen LogP contribution is -2.30. The number of aromatic nitrogens is 1. The number of benzene rings is 1. The molecule has 0 saturated heterocycles. The fraction of sp³-hybridized carbons (Fsp3) is 0.357. The predicted molar refractivity (Wildman–Crippen MR) is 74.5 cm³/mol. The van der Waals surface area contributed by atoms with Gasteiger partial charge in [0.15, 0.2) is 0 Å². The van der Waals surface area contributed by atoms with E-state index in [1.807, 2.05) is 35.7 Å². The number of alkyl halides is 3. The predicted octanol–water partition coefficient (Wildman–Crippen LogP) is 4.24. The molecule has 0 amide bonds. The minimum absolute atomic E-state index is 0.356. The Bertz CT molecular complexity index is 537. The van der Waals surface area contributed by atoms with Gasteiger partial charge in [0, 0.05) is 23.5 Å². The van der Waals surface area contributed by atoms with E-state index in [9.17, 15) is 13.2 Å². The van der Waals surface area contributed by atoms with Crippen molar-refractivity contribution in [3.05, 3.63) is 40.7 Å². The molecule has 0 saturated carbocycles. The van der Waals surface area contributed by atoms with Crippen LogP contribution < -0.4 is 5.32 Å². The highest BCUT2D eigenvalue weighted by atomic mass is 32.1. The smallest absolute Gasteiger partial charge is 0.308 e. The van der Waals surface area contributed by atoms with Crippen molar-refractivity contribution >= 4 is 11.3 Å². The van der Waals surface area contributed by atoms with Gasteiger partial charge in [0.05, 0.1) is 12.1 Å². The Kier molecular flexibility index (Phi) is 4.77. The van der Waals surface area contributed by atoms with Gasteiger partial charge in [-0.1, -0.05) is 30.3 Å². The molecule has 0 aliphatic carbocycles. The van der Waals surface area contributed by atoms with Crippen LogP contribution in [0, 0.1) is 0 Å². The number of rotatable bonds is 5. The lowest BCUT2D eigenvalue weighted by molar-refractivity contribution is -0.139. The summed E-state index contributed by atoms with van der Waals surface area (Å²) in [5.41, 5.74) is 1.87. The Hall–Kier alpha value is -1.40. The lowest BCUT2D eigenvalue weighted by atomic mass is 10.2. The molecular weight excluding hydrogens is 285 g/mol. The molecule has 1 heterocycles. The second-order valence-corrected chi connectivity index (χ2v) is 5.54. The van der Waals surface area contributed by atoms with E-state index in [1.165, 1.54) is 18.3 Å². The van der Waals surface area contributed by atoms with Crippen LogP contribution >= 0.6 is 11.3 Å². The van der Waals surface area contributed by atoms with Crippen molar-refractivity contribution in [3.8, 4) is 11.3 Å². The van der Waals surface area contributed by atoms with Crippen molar-refractivity contribution in [3.63, 3.8) is 0 Å². The molecule has 0 bridgehead atoms. The molecule has 1 N–H and O–H groups in total. The lowest BCUT2D eigenvalue weighted by Gasteiger charge is -2.14. The zero-order valence-electron chi connectivity index (χ0n) is 10.9. The van der Waals surface area contributed by atoms with Crippen LogP contribution in [0.3, 0.4) is 0 Å². The zero-order valence-corrected chi connectivity index (χ0v) is 11.8. The standard InChI is InChI=1S/C14H15F3N2S/c1-10(7-14(15,16)17)18-8-13-19-12(9-20-13)11-5-3-2-4-6-11/h2-6,9-10,18H,7-8H2,1H3. The number of hydrogen-bond donors (Lipinski definition) is 1. The van der Waals surface area contributed by atoms with Gasteiger partial charge in [-0.25, -0.2) is 4.98 Å². The van der Waals surface area contributed by atoms with Crippen molar-refractivity contribution in [2.24, 2.45) is 0 Å². The third-order valence-corrected chi connectivity index (χ3v) is 3.61. The van der Waals surface area contributed by atoms with Crippen LogP contribution in [0.5, 0.6) is 0 Å². The van der Waals surface area contributed by atoms with Gasteiger partial charge in [0.2, 0.25) is 0 Å². The first-order valence-electron chi connectivity index (χ1n) is 6.24. The first-order chi connectivity index (χ1) is 9.44. The van der Waals surface area contributed by atoms with Gasteiger partial charge < -0.3 is 5.32 Å². The molecular formula is C14H15F3N2S. The Balaban J connectivity index is 1.91. The van der Waals surface area contributed by atoms with Crippen LogP contribution in [0.1, 0.15) is 18.4 Å². The van der Waals surface area contributed by atoms with E-state index in [-0.39, 0.29) is 0 Å². The first-order valence-corrected chi connectivity index (χ1v) is 7.12. The van der Waals surface area contributed by atoms with E-state index < -0.39 is 18.6 Å². The average Bonchev–Trinajstić information content (AvgIpc) is 2.84. The highest BCUT2D eigenvalue weighted by molar-refractivity contribution is 7.09. The van der Waals surface area contributed by atoms with Crippen molar-refractivity contribution in [2.75, 3.05) is 0 Å². The number of nitrogens with one attached hydrogen (secondary N) is 1. The fourth-order valence-electron chi connectivity index (χ4n) is 1.81. The molecule has 0 aliphatic heterocycles. The first kappa shape index (κ1) is 15.0. The number of nitrogens with zero attached hydrogens (tertiary/aromatic N) is 1. The molecule has 1 atom stereocenters. The molecule has 6 heteroatoms. The SMILES string of the molecule is CC(CC(F)(F)F)NCc1nc(-c2ccccc2)cs1.